The molecule has 86 valence electrons. The van der Waals surface area contributed by atoms with E-state index in [1.54, 1.807) is 7.11 Å². The second-order valence-corrected chi connectivity index (χ2v) is 4.12. The van der Waals surface area contributed by atoms with Crippen molar-refractivity contribution >= 4 is 0 Å². The van der Waals surface area contributed by atoms with Crippen LogP contribution in [0.2, 0.25) is 0 Å². The molecule has 1 atom stereocenters. The van der Waals surface area contributed by atoms with Crippen molar-refractivity contribution in [1.29, 1.82) is 0 Å². The van der Waals surface area contributed by atoms with Crippen LogP contribution in [-0.2, 0) is 15.3 Å². The van der Waals surface area contributed by atoms with Crippen LogP contribution in [0.5, 0.6) is 5.75 Å². The van der Waals surface area contributed by atoms with Gasteiger partial charge in [0, 0.05) is 12.0 Å². The summed E-state index contributed by atoms with van der Waals surface area (Å²) in [5.74, 6) is 0.0222. The maximum Gasteiger partial charge on any atom is 0.198 e. The molecular weight excluding hydrogens is 208 g/mol. The van der Waals surface area contributed by atoms with E-state index in [0.717, 1.165) is 16.9 Å². The molecule has 0 amide bonds. The Morgan fingerprint density at radius 3 is 2.81 bits per heavy atom. The summed E-state index contributed by atoms with van der Waals surface area (Å²) in [4.78, 5) is 0. The van der Waals surface area contributed by atoms with Gasteiger partial charge in [0.1, 0.15) is 5.75 Å². The van der Waals surface area contributed by atoms with Gasteiger partial charge >= 0.3 is 0 Å². The lowest BCUT2D eigenvalue weighted by molar-refractivity contribution is -0.174. The third kappa shape index (κ3) is 1.27. The first kappa shape index (κ1) is 10.1. The molecule has 0 aromatic heterocycles. The number of rotatable bonds is 1. The topological polar surface area (TPSA) is 47.9 Å². The van der Waals surface area contributed by atoms with Crippen LogP contribution in [-0.4, -0.2) is 25.4 Å². The Morgan fingerprint density at radius 2 is 2.12 bits per heavy atom. The highest BCUT2D eigenvalue weighted by Gasteiger charge is 2.48. The first-order valence-electron chi connectivity index (χ1n) is 5.39. The lowest BCUT2D eigenvalue weighted by Gasteiger charge is -2.22. The number of methoxy groups -OCH3 is 1. The SMILES string of the molecule is COc1ccc2c(c1)C(O)CC21OCCO1. The second-order valence-electron chi connectivity index (χ2n) is 4.12. The van der Waals surface area contributed by atoms with E-state index in [0.29, 0.717) is 19.6 Å². The minimum Gasteiger partial charge on any atom is -0.497 e. The second kappa shape index (κ2) is 3.45. The van der Waals surface area contributed by atoms with Crippen molar-refractivity contribution in [2.24, 2.45) is 0 Å². The molecule has 3 rings (SSSR count). The molecule has 1 spiro atoms. The predicted molar refractivity (Wildman–Crippen MR) is 56.2 cm³/mol. The maximum atomic E-state index is 10.0. The fourth-order valence-electron chi connectivity index (χ4n) is 2.49. The van der Waals surface area contributed by atoms with Crippen molar-refractivity contribution in [3.63, 3.8) is 0 Å². The Labute approximate surface area is 93.7 Å². The standard InChI is InChI=1S/C12H14O4/c1-14-8-2-3-10-9(6-8)11(13)7-12(10)15-4-5-16-12/h2-3,6,11,13H,4-5,7H2,1H3. The summed E-state index contributed by atoms with van der Waals surface area (Å²) < 4.78 is 16.4. The quantitative estimate of drug-likeness (QED) is 0.778. The van der Waals surface area contributed by atoms with Crippen LogP contribution in [0.1, 0.15) is 23.7 Å². The Hall–Kier alpha value is -1.10. The van der Waals surface area contributed by atoms with Crippen LogP contribution < -0.4 is 4.74 Å². The summed E-state index contributed by atoms with van der Waals surface area (Å²) in [7, 11) is 1.61. The maximum absolute atomic E-state index is 10.0. The molecule has 1 heterocycles. The fourth-order valence-corrected chi connectivity index (χ4v) is 2.49. The van der Waals surface area contributed by atoms with Gasteiger partial charge in [0.2, 0.25) is 0 Å². The molecule has 4 nitrogen and oxygen atoms in total. The van der Waals surface area contributed by atoms with E-state index >= 15 is 0 Å². The number of ether oxygens (including phenoxy) is 3. The van der Waals surface area contributed by atoms with Crippen molar-refractivity contribution in [2.75, 3.05) is 20.3 Å². The van der Waals surface area contributed by atoms with Crippen molar-refractivity contribution in [3.05, 3.63) is 29.3 Å². The van der Waals surface area contributed by atoms with Gasteiger partial charge in [-0.15, -0.1) is 0 Å². The summed E-state index contributed by atoms with van der Waals surface area (Å²) in [6.45, 7) is 1.16. The summed E-state index contributed by atoms with van der Waals surface area (Å²) in [5.41, 5.74) is 1.78. The fraction of sp³-hybridized carbons (Fsp3) is 0.500. The monoisotopic (exact) mass is 222 g/mol. The Morgan fingerprint density at radius 1 is 1.38 bits per heavy atom. The molecule has 16 heavy (non-hydrogen) atoms. The highest BCUT2D eigenvalue weighted by atomic mass is 16.7. The Balaban J connectivity index is 2.08. The molecule has 1 fully saturated rings. The van der Waals surface area contributed by atoms with E-state index in [9.17, 15) is 5.11 Å². The van der Waals surface area contributed by atoms with Crippen LogP contribution in [0.15, 0.2) is 18.2 Å². The number of hydrogen-bond acceptors (Lipinski definition) is 4. The molecule has 0 bridgehead atoms. The van der Waals surface area contributed by atoms with Gasteiger partial charge in [0.15, 0.2) is 5.79 Å². The van der Waals surface area contributed by atoms with Crippen LogP contribution in [0.4, 0.5) is 0 Å². The zero-order chi connectivity index (χ0) is 11.2. The van der Waals surface area contributed by atoms with Crippen molar-refractivity contribution in [2.45, 2.75) is 18.3 Å². The summed E-state index contributed by atoms with van der Waals surface area (Å²) in [5, 5.41) is 10.0. The van der Waals surface area contributed by atoms with Gasteiger partial charge in [-0.25, -0.2) is 0 Å². The van der Waals surface area contributed by atoms with E-state index in [-0.39, 0.29) is 0 Å². The van der Waals surface area contributed by atoms with Crippen LogP contribution in [0, 0.1) is 0 Å². The van der Waals surface area contributed by atoms with Gasteiger partial charge in [0.25, 0.3) is 0 Å². The average molecular weight is 222 g/mol. The molecule has 1 aliphatic carbocycles. The predicted octanol–water partition coefficient (Wildman–Crippen LogP) is 1.33. The van der Waals surface area contributed by atoms with Gasteiger partial charge in [-0.05, 0) is 23.8 Å². The van der Waals surface area contributed by atoms with Gasteiger partial charge in [0.05, 0.1) is 26.4 Å². The van der Waals surface area contributed by atoms with Crippen molar-refractivity contribution < 1.29 is 19.3 Å². The van der Waals surface area contributed by atoms with E-state index in [4.69, 9.17) is 14.2 Å². The Kier molecular flexibility index (Phi) is 2.17. The normalized spacial score (nSPS) is 26.0. The molecule has 2 aliphatic rings. The van der Waals surface area contributed by atoms with E-state index in [1.165, 1.54) is 0 Å². The molecule has 0 radical (unpaired) electrons. The first-order chi connectivity index (χ1) is 7.75. The van der Waals surface area contributed by atoms with Crippen molar-refractivity contribution in [1.82, 2.24) is 0 Å². The molecule has 1 aromatic carbocycles. The minimum absolute atomic E-state index is 0.468. The van der Waals surface area contributed by atoms with Gasteiger partial charge in [-0.2, -0.15) is 0 Å². The number of benzene rings is 1. The van der Waals surface area contributed by atoms with Gasteiger partial charge in [-0.1, -0.05) is 0 Å². The summed E-state index contributed by atoms with van der Waals surface area (Å²) in [6.07, 6.45) is -0.0709. The highest BCUT2D eigenvalue weighted by molar-refractivity contribution is 5.43. The molecule has 1 aliphatic heterocycles. The van der Waals surface area contributed by atoms with Crippen LogP contribution >= 0.6 is 0 Å². The molecular formula is C12H14O4. The third-order valence-electron chi connectivity index (χ3n) is 3.24. The minimum atomic E-state index is -0.721. The largest absolute Gasteiger partial charge is 0.497 e. The van der Waals surface area contributed by atoms with Gasteiger partial charge in [-0.3, -0.25) is 0 Å². The zero-order valence-corrected chi connectivity index (χ0v) is 9.10. The van der Waals surface area contributed by atoms with E-state index < -0.39 is 11.9 Å². The van der Waals surface area contributed by atoms with Crippen LogP contribution in [0.25, 0.3) is 0 Å². The highest BCUT2D eigenvalue weighted by Crippen LogP contribution is 2.49. The molecule has 4 heteroatoms. The molecule has 1 saturated heterocycles. The average Bonchev–Trinajstić information content (AvgIpc) is 2.87. The number of aliphatic hydroxyl groups excluding tert-OH is 1. The first-order valence-corrected chi connectivity index (χ1v) is 5.39. The number of fused-ring (bicyclic) bond motifs is 2. The summed E-state index contributed by atoms with van der Waals surface area (Å²) >= 11 is 0. The molecule has 0 saturated carbocycles. The lowest BCUT2D eigenvalue weighted by Crippen LogP contribution is -2.23. The van der Waals surface area contributed by atoms with Gasteiger partial charge < -0.3 is 19.3 Å². The number of hydrogen-bond donors (Lipinski definition) is 1. The summed E-state index contributed by atoms with van der Waals surface area (Å²) in [6, 6.07) is 5.62. The lowest BCUT2D eigenvalue weighted by atomic mass is 10.1. The molecule has 1 N–H and O–H groups in total. The van der Waals surface area contributed by atoms with Crippen LogP contribution in [0.3, 0.4) is 0 Å². The van der Waals surface area contributed by atoms with E-state index in [2.05, 4.69) is 0 Å². The van der Waals surface area contributed by atoms with E-state index in [1.807, 2.05) is 18.2 Å². The number of aliphatic hydroxyl groups is 1. The third-order valence-corrected chi connectivity index (χ3v) is 3.24. The smallest absolute Gasteiger partial charge is 0.198 e. The molecule has 1 unspecified atom stereocenters. The molecule has 1 aromatic rings. The zero-order valence-electron chi connectivity index (χ0n) is 9.10. The Bertz CT molecular complexity index is 409. The van der Waals surface area contributed by atoms with Crippen molar-refractivity contribution in [3.8, 4) is 5.75 Å².